The largest absolute Gasteiger partial charge is 0.495 e. The van der Waals surface area contributed by atoms with Crippen molar-refractivity contribution in [3.05, 3.63) is 48.7 Å². The van der Waals surface area contributed by atoms with Gasteiger partial charge < -0.3 is 9.84 Å². The van der Waals surface area contributed by atoms with Crippen LogP contribution in [0.1, 0.15) is 5.56 Å². The molecule has 144 valence electrons. The molecule has 0 radical (unpaired) electrons. The first-order chi connectivity index (χ1) is 13.5. The van der Waals surface area contributed by atoms with E-state index in [2.05, 4.69) is 15.1 Å². The minimum absolute atomic E-state index is 0.0214. The van der Waals surface area contributed by atoms with Gasteiger partial charge in [-0.15, -0.1) is 0 Å². The molecule has 4 aromatic rings. The van der Waals surface area contributed by atoms with Crippen molar-refractivity contribution in [2.24, 2.45) is 0 Å². The summed E-state index contributed by atoms with van der Waals surface area (Å²) >= 11 is 0. The quantitative estimate of drug-likeness (QED) is 0.568. The van der Waals surface area contributed by atoms with Crippen LogP contribution >= 0.6 is 0 Å². The molecule has 0 aromatic carbocycles. The SMILES string of the molecule is COc1cncc(-c2cc(C)c3c(O)n(-c4cnn(CC(F)F)c4)cc3n2)c1. The number of nitrogens with zero attached hydrogens (tertiary/aromatic N) is 5. The van der Waals surface area contributed by atoms with Crippen molar-refractivity contribution in [3.63, 3.8) is 0 Å². The third-order valence-corrected chi connectivity index (χ3v) is 4.42. The van der Waals surface area contributed by atoms with Gasteiger partial charge in [-0.2, -0.15) is 5.10 Å². The third kappa shape index (κ3) is 3.15. The highest BCUT2D eigenvalue weighted by atomic mass is 19.3. The van der Waals surface area contributed by atoms with Crippen molar-refractivity contribution in [2.75, 3.05) is 7.11 Å². The van der Waals surface area contributed by atoms with Crippen molar-refractivity contribution in [1.29, 1.82) is 0 Å². The van der Waals surface area contributed by atoms with E-state index >= 15 is 0 Å². The second-order valence-corrected chi connectivity index (χ2v) is 6.33. The van der Waals surface area contributed by atoms with E-state index in [1.165, 1.54) is 17.0 Å². The van der Waals surface area contributed by atoms with Gasteiger partial charge in [0.05, 0.1) is 41.8 Å². The molecule has 0 atom stereocenters. The van der Waals surface area contributed by atoms with Gasteiger partial charge in [0.1, 0.15) is 12.3 Å². The summed E-state index contributed by atoms with van der Waals surface area (Å²) in [6, 6.07) is 3.68. The van der Waals surface area contributed by atoms with E-state index in [9.17, 15) is 13.9 Å². The maximum Gasteiger partial charge on any atom is 0.257 e. The molecule has 0 aliphatic carbocycles. The van der Waals surface area contributed by atoms with E-state index in [0.717, 1.165) is 15.8 Å². The molecular weight excluding hydrogens is 368 g/mol. The monoisotopic (exact) mass is 385 g/mol. The standard InChI is InChI=1S/C19H17F2N5O2/c1-11-3-15(12-4-14(28-2)7-22-5-12)24-16-9-26(19(27)18(11)16)13-6-23-25(8-13)10-17(20)21/h3-9,17,27H,10H2,1-2H3. The lowest BCUT2D eigenvalue weighted by Crippen LogP contribution is -2.06. The van der Waals surface area contributed by atoms with Gasteiger partial charge in [0.25, 0.3) is 6.43 Å². The highest BCUT2D eigenvalue weighted by molar-refractivity contribution is 5.90. The van der Waals surface area contributed by atoms with Crippen molar-refractivity contribution >= 4 is 10.9 Å². The molecule has 0 spiro atoms. The minimum atomic E-state index is -2.51. The van der Waals surface area contributed by atoms with E-state index in [-0.39, 0.29) is 5.88 Å². The average Bonchev–Trinajstić information content (AvgIpc) is 3.25. The van der Waals surface area contributed by atoms with Gasteiger partial charge in [0.15, 0.2) is 0 Å². The molecule has 0 fully saturated rings. The number of methoxy groups -OCH3 is 1. The van der Waals surface area contributed by atoms with Gasteiger partial charge in [0, 0.05) is 24.2 Å². The van der Waals surface area contributed by atoms with E-state index in [0.29, 0.717) is 28.0 Å². The Morgan fingerprint density at radius 1 is 1.18 bits per heavy atom. The van der Waals surface area contributed by atoms with Crippen molar-refractivity contribution in [2.45, 2.75) is 19.9 Å². The lowest BCUT2D eigenvalue weighted by molar-refractivity contribution is 0.122. The Balaban J connectivity index is 1.80. The molecule has 28 heavy (non-hydrogen) atoms. The fourth-order valence-corrected chi connectivity index (χ4v) is 3.12. The van der Waals surface area contributed by atoms with Gasteiger partial charge in [-0.25, -0.2) is 13.8 Å². The van der Waals surface area contributed by atoms with Crippen LogP contribution in [-0.2, 0) is 6.54 Å². The second-order valence-electron chi connectivity index (χ2n) is 6.33. The summed E-state index contributed by atoms with van der Waals surface area (Å²) in [6.07, 6.45) is 5.30. The molecule has 0 saturated heterocycles. The van der Waals surface area contributed by atoms with E-state index < -0.39 is 13.0 Å². The molecule has 0 saturated carbocycles. The third-order valence-electron chi connectivity index (χ3n) is 4.42. The highest BCUT2D eigenvalue weighted by Crippen LogP contribution is 2.34. The Kier molecular flexibility index (Phi) is 4.42. The van der Waals surface area contributed by atoms with Crippen LogP contribution in [0.25, 0.3) is 27.8 Å². The molecule has 1 N–H and O–H groups in total. The summed E-state index contributed by atoms with van der Waals surface area (Å²) in [6.45, 7) is 1.36. The molecule has 0 bridgehead atoms. The second kappa shape index (κ2) is 6.91. The van der Waals surface area contributed by atoms with Crippen LogP contribution in [-0.4, -0.2) is 43.0 Å². The molecule has 4 rings (SSSR count). The van der Waals surface area contributed by atoms with Crippen LogP contribution in [0.15, 0.2) is 43.1 Å². The van der Waals surface area contributed by atoms with Crippen molar-refractivity contribution in [3.8, 4) is 28.6 Å². The van der Waals surface area contributed by atoms with Crippen LogP contribution in [0.4, 0.5) is 8.78 Å². The maximum absolute atomic E-state index is 12.6. The smallest absolute Gasteiger partial charge is 0.257 e. The first-order valence-electron chi connectivity index (χ1n) is 8.48. The number of aryl methyl sites for hydroxylation is 1. The summed E-state index contributed by atoms with van der Waals surface area (Å²) in [7, 11) is 1.56. The van der Waals surface area contributed by atoms with E-state index in [1.54, 1.807) is 25.7 Å². The number of rotatable bonds is 5. The van der Waals surface area contributed by atoms with Crippen LogP contribution in [0.5, 0.6) is 11.6 Å². The van der Waals surface area contributed by atoms with Crippen molar-refractivity contribution < 1.29 is 18.6 Å². The number of ether oxygens (including phenoxy) is 1. The lowest BCUT2D eigenvalue weighted by atomic mass is 10.1. The maximum atomic E-state index is 12.6. The molecule has 4 aromatic heterocycles. The number of hydrogen-bond acceptors (Lipinski definition) is 5. The number of halogens is 2. The number of fused-ring (bicyclic) bond motifs is 1. The molecule has 4 heterocycles. The van der Waals surface area contributed by atoms with E-state index in [1.807, 2.05) is 19.1 Å². The minimum Gasteiger partial charge on any atom is -0.495 e. The van der Waals surface area contributed by atoms with E-state index in [4.69, 9.17) is 4.74 Å². The highest BCUT2D eigenvalue weighted by Gasteiger charge is 2.17. The predicted molar refractivity (Wildman–Crippen MR) is 99.0 cm³/mol. The molecule has 0 unspecified atom stereocenters. The van der Waals surface area contributed by atoms with Crippen LogP contribution in [0.2, 0.25) is 0 Å². The van der Waals surface area contributed by atoms with Crippen molar-refractivity contribution in [1.82, 2.24) is 24.3 Å². The Morgan fingerprint density at radius 2 is 2.00 bits per heavy atom. The molecule has 9 heteroatoms. The number of aromatic hydroxyl groups is 1. The Labute approximate surface area is 158 Å². The summed E-state index contributed by atoms with van der Waals surface area (Å²) in [4.78, 5) is 8.77. The van der Waals surface area contributed by atoms with Gasteiger partial charge in [-0.3, -0.25) is 14.2 Å². The summed E-state index contributed by atoms with van der Waals surface area (Å²) in [5.41, 5.74) is 3.32. The molecule has 0 aliphatic heterocycles. The molecule has 0 amide bonds. The van der Waals surface area contributed by atoms with Crippen LogP contribution in [0, 0.1) is 6.92 Å². The van der Waals surface area contributed by atoms with Crippen LogP contribution < -0.4 is 4.74 Å². The fourth-order valence-electron chi connectivity index (χ4n) is 3.12. The predicted octanol–water partition coefficient (Wildman–Crippen LogP) is 3.57. The Bertz CT molecular complexity index is 1150. The lowest BCUT2D eigenvalue weighted by Gasteiger charge is -2.05. The first kappa shape index (κ1) is 17.9. The van der Waals surface area contributed by atoms with Gasteiger partial charge in [0.2, 0.25) is 5.88 Å². The van der Waals surface area contributed by atoms with Crippen LogP contribution in [0.3, 0.4) is 0 Å². The topological polar surface area (TPSA) is 78.0 Å². The van der Waals surface area contributed by atoms with Gasteiger partial charge in [-0.1, -0.05) is 0 Å². The molecule has 0 aliphatic rings. The zero-order valence-corrected chi connectivity index (χ0v) is 15.2. The summed E-state index contributed by atoms with van der Waals surface area (Å²) in [5.74, 6) is 0.593. The zero-order chi connectivity index (χ0) is 19.8. The molecular formula is C19H17F2N5O2. The zero-order valence-electron chi connectivity index (χ0n) is 15.2. The normalized spacial score (nSPS) is 11.5. The Hall–Kier alpha value is -3.49. The summed E-state index contributed by atoms with van der Waals surface area (Å²) < 4.78 is 32.9. The first-order valence-corrected chi connectivity index (χ1v) is 8.48. The number of aromatic nitrogens is 5. The van der Waals surface area contributed by atoms with Gasteiger partial charge in [-0.05, 0) is 24.6 Å². The number of hydrogen-bond donors (Lipinski definition) is 1. The Morgan fingerprint density at radius 3 is 2.75 bits per heavy atom. The number of alkyl halides is 2. The van der Waals surface area contributed by atoms with Gasteiger partial charge >= 0.3 is 0 Å². The summed E-state index contributed by atoms with van der Waals surface area (Å²) in [5, 5.41) is 15.2. The fraction of sp³-hybridized carbons (Fsp3) is 0.211. The average molecular weight is 385 g/mol. The molecule has 7 nitrogen and oxygen atoms in total. The number of pyridine rings is 2.